The first-order valence-corrected chi connectivity index (χ1v) is 11.4. The Kier molecular flexibility index (Phi) is 5.81. The highest BCUT2D eigenvalue weighted by Gasteiger charge is 2.16. The SMILES string of the molecule is O=P(O)(O)Cc1ccc(-n2cc(COc3ccc(P(=O)(O)O)cc3)nn2)cc1. The molecule has 0 unspecified atom stereocenters. The number of aromatic nitrogens is 3. The van der Waals surface area contributed by atoms with E-state index in [4.69, 9.17) is 24.3 Å². The fraction of sp³-hybridized carbons (Fsp3) is 0.125. The Hall–Kier alpha value is -2.32. The highest BCUT2D eigenvalue weighted by atomic mass is 31.2. The Morgan fingerprint density at radius 2 is 1.57 bits per heavy atom. The Bertz CT molecular complexity index is 1040. The molecular formula is C16H17N3O7P2. The summed E-state index contributed by atoms with van der Waals surface area (Å²) in [6.07, 6.45) is 1.31. The van der Waals surface area contributed by atoms with Gasteiger partial charge in [-0.05, 0) is 42.0 Å². The first kappa shape index (κ1) is 20.4. The zero-order chi connectivity index (χ0) is 20.4. The van der Waals surface area contributed by atoms with Crippen LogP contribution in [-0.4, -0.2) is 34.6 Å². The van der Waals surface area contributed by atoms with Crippen LogP contribution < -0.4 is 10.0 Å². The van der Waals surface area contributed by atoms with Gasteiger partial charge >= 0.3 is 15.2 Å². The van der Waals surface area contributed by atoms with Crippen LogP contribution in [-0.2, 0) is 21.9 Å². The van der Waals surface area contributed by atoms with Gasteiger partial charge < -0.3 is 24.3 Å². The molecule has 0 radical (unpaired) electrons. The average Bonchev–Trinajstić information content (AvgIpc) is 3.08. The second-order valence-electron chi connectivity index (χ2n) is 5.97. The molecule has 0 saturated heterocycles. The number of hydrogen-bond acceptors (Lipinski definition) is 5. The number of rotatable bonds is 7. The summed E-state index contributed by atoms with van der Waals surface area (Å²) < 4.78 is 29.2. The Balaban J connectivity index is 1.62. The van der Waals surface area contributed by atoms with Crippen molar-refractivity contribution < 1.29 is 33.4 Å². The van der Waals surface area contributed by atoms with Crippen LogP contribution in [0, 0.1) is 0 Å². The quantitative estimate of drug-likeness (QED) is 0.410. The number of hydrogen-bond donors (Lipinski definition) is 4. The third kappa shape index (κ3) is 5.59. The molecule has 0 bridgehead atoms. The summed E-state index contributed by atoms with van der Waals surface area (Å²) in [5.74, 6) is 0.425. The van der Waals surface area contributed by atoms with Gasteiger partial charge in [-0.3, -0.25) is 9.13 Å². The Morgan fingerprint density at radius 1 is 0.929 bits per heavy atom. The Morgan fingerprint density at radius 3 is 2.14 bits per heavy atom. The molecule has 0 aliphatic carbocycles. The van der Waals surface area contributed by atoms with E-state index in [9.17, 15) is 9.13 Å². The van der Waals surface area contributed by atoms with Crippen LogP contribution in [0.1, 0.15) is 11.3 Å². The zero-order valence-electron chi connectivity index (χ0n) is 14.4. The van der Waals surface area contributed by atoms with Crippen LogP contribution in [0.2, 0.25) is 0 Å². The largest absolute Gasteiger partial charge is 0.487 e. The van der Waals surface area contributed by atoms with Crippen molar-refractivity contribution >= 4 is 20.5 Å². The average molecular weight is 425 g/mol. The summed E-state index contributed by atoms with van der Waals surface area (Å²) in [6, 6.07) is 12.1. The lowest BCUT2D eigenvalue weighted by atomic mass is 10.2. The molecule has 1 heterocycles. The van der Waals surface area contributed by atoms with Gasteiger partial charge in [0.2, 0.25) is 0 Å². The predicted octanol–water partition coefficient (Wildman–Crippen LogP) is 1.33. The Labute approximate surface area is 159 Å². The van der Waals surface area contributed by atoms with Crippen molar-refractivity contribution in [1.29, 1.82) is 0 Å². The number of nitrogens with zero attached hydrogens (tertiary/aromatic N) is 3. The van der Waals surface area contributed by atoms with Crippen LogP contribution in [0.15, 0.2) is 54.7 Å². The number of benzene rings is 2. The van der Waals surface area contributed by atoms with Crippen molar-refractivity contribution in [3.05, 3.63) is 66.0 Å². The van der Waals surface area contributed by atoms with Gasteiger partial charge in [0.15, 0.2) is 0 Å². The molecule has 4 N–H and O–H groups in total. The molecular weight excluding hydrogens is 408 g/mol. The van der Waals surface area contributed by atoms with Crippen molar-refractivity contribution in [3.63, 3.8) is 0 Å². The van der Waals surface area contributed by atoms with Crippen LogP contribution in [0.4, 0.5) is 0 Å². The van der Waals surface area contributed by atoms with Crippen molar-refractivity contribution in [2.24, 2.45) is 0 Å². The van der Waals surface area contributed by atoms with E-state index in [0.717, 1.165) is 0 Å². The second kappa shape index (κ2) is 7.97. The molecule has 10 nitrogen and oxygen atoms in total. The van der Waals surface area contributed by atoms with Crippen LogP contribution in [0.3, 0.4) is 0 Å². The fourth-order valence-corrected chi connectivity index (χ4v) is 3.60. The molecule has 0 aliphatic heterocycles. The molecule has 3 rings (SSSR count). The van der Waals surface area contributed by atoms with Crippen molar-refractivity contribution in [2.75, 3.05) is 0 Å². The fourth-order valence-electron chi connectivity index (χ4n) is 2.38. The second-order valence-corrected chi connectivity index (χ2v) is 9.22. The molecule has 12 heteroatoms. The standard InChI is InChI=1S/C16H17N3O7P2/c20-27(21,22)11-12-1-3-14(4-2-12)19-9-13(17-18-19)10-26-15-5-7-16(8-6-15)28(23,24)25/h1-9H,10-11H2,(H2,20,21,22)(H2,23,24,25). The molecule has 0 saturated carbocycles. The molecule has 0 atom stereocenters. The summed E-state index contributed by atoms with van der Waals surface area (Å²) >= 11 is 0. The number of ether oxygens (including phenoxy) is 1. The maximum absolute atomic E-state index is 11.1. The summed E-state index contributed by atoms with van der Waals surface area (Å²) in [5, 5.41) is 7.87. The predicted molar refractivity (Wildman–Crippen MR) is 99.6 cm³/mol. The monoisotopic (exact) mass is 425 g/mol. The molecule has 0 aliphatic rings. The topological polar surface area (TPSA) is 155 Å². The van der Waals surface area contributed by atoms with Gasteiger partial charge in [0.1, 0.15) is 18.1 Å². The van der Waals surface area contributed by atoms with E-state index in [-0.39, 0.29) is 18.1 Å². The molecule has 28 heavy (non-hydrogen) atoms. The summed E-state index contributed by atoms with van der Waals surface area (Å²) in [5.41, 5.74) is 1.71. The normalized spacial score (nSPS) is 12.1. The van der Waals surface area contributed by atoms with Gasteiger partial charge in [0, 0.05) is 0 Å². The molecule has 0 amide bonds. The lowest BCUT2D eigenvalue weighted by Gasteiger charge is -2.06. The van der Waals surface area contributed by atoms with Gasteiger partial charge in [-0.1, -0.05) is 17.3 Å². The van der Waals surface area contributed by atoms with Gasteiger partial charge in [-0.25, -0.2) is 4.68 Å². The van der Waals surface area contributed by atoms with Gasteiger partial charge in [-0.2, -0.15) is 0 Å². The summed E-state index contributed by atoms with van der Waals surface area (Å²) in [7, 11) is -8.40. The molecule has 3 aromatic rings. The summed E-state index contributed by atoms with van der Waals surface area (Å²) in [4.78, 5) is 36.2. The lowest BCUT2D eigenvalue weighted by molar-refractivity contribution is 0.301. The first-order valence-electron chi connectivity index (χ1n) is 7.94. The van der Waals surface area contributed by atoms with Gasteiger partial charge in [0.25, 0.3) is 0 Å². The maximum atomic E-state index is 11.1. The van der Waals surface area contributed by atoms with Gasteiger partial charge in [0.05, 0.1) is 23.4 Å². The molecule has 148 valence electrons. The molecule has 1 aromatic heterocycles. The van der Waals surface area contributed by atoms with Gasteiger partial charge in [-0.15, -0.1) is 5.10 Å². The third-order valence-corrected chi connectivity index (χ3v) is 5.44. The van der Waals surface area contributed by atoms with E-state index < -0.39 is 15.2 Å². The van der Waals surface area contributed by atoms with E-state index in [1.54, 1.807) is 30.5 Å². The van der Waals surface area contributed by atoms with E-state index in [1.165, 1.54) is 28.9 Å². The van der Waals surface area contributed by atoms with E-state index >= 15 is 0 Å². The van der Waals surface area contributed by atoms with Crippen LogP contribution in [0.5, 0.6) is 5.75 Å². The van der Waals surface area contributed by atoms with Crippen LogP contribution >= 0.6 is 15.2 Å². The van der Waals surface area contributed by atoms with E-state index in [2.05, 4.69) is 10.3 Å². The third-order valence-electron chi connectivity index (χ3n) is 3.69. The van der Waals surface area contributed by atoms with E-state index in [0.29, 0.717) is 22.7 Å². The molecule has 0 fully saturated rings. The minimum Gasteiger partial charge on any atom is -0.487 e. The molecule has 0 spiro atoms. The highest BCUT2D eigenvalue weighted by molar-refractivity contribution is 7.60. The smallest absolute Gasteiger partial charge is 0.356 e. The van der Waals surface area contributed by atoms with Crippen LogP contribution in [0.25, 0.3) is 5.69 Å². The molecule has 2 aromatic carbocycles. The first-order chi connectivity index (χ1) is 13.1. The minimum atomic E-state index is -4.29. The van der Waals surface area contributed by atoms with Crippen molar-refractivity contribution in [3.8, 4) is 11.4 Å². The van der Waals surface area contributed by atoms with E-state index in [1.807, 2.05) is 0 Å². The van der Waals surface area contributed by atoms with Crippen molar-refractivity contribution in [2.45, 2.75) is 12.8 Å². The van der Waals surface area contributed by atoms with Crippen molar-refractivity contribution in [1.82, 2.24) is 15.0 Å². The maximum Gasteiger partial charge on any atom is 0.356 e. The summed E-state index contributed by atoms with van der Waals surface area (Å²) in [6.45, 7) is 0.103. The zero-order valence-corrected chi connectivity index (χ0v) is 16.1. The highest BCUT2D eigenvalue weighted by Crippen LogP contribution is 2.39. The minimum absolute atomic E-state index is 0.0898. The lowest BCUT2D eigenvalue weighted by Crippen LogP contribution is -2.03.